The van der Waals surface area contributed by atoms with Gasteiger partial charge in [0.15, 0.2) is 0 Å². The Hall–Kier alpha value is -2.65. The first-order valence-electron chi connectivity index (χ1n) is 9.26. The summed E-state index contributed by atoms with van der Waals surface area (Å²) in [7, 11) is 0. The van der Waals surface area contributed by atoms with Gasteiger partial charge >= 0.3 is 11.9 Å². The Morgan fingerprint density at radius 2 is 1.96 bits per heavy atom. The van der Waals surface area contributed by atoms with Gasteiger partial charge in [-0.25, -0.2) is 9.78 Å². The van der Waals surface area contributed by atoms with Gasteiger partial charge in [0.2, 0.25) is 0 Å². The number of rotatable bonds is 3. The minimum absolute atomic E-state index is 0.0134. The Balaban J connectivity index is 1.58. The summed E-state index contributed by atoms with van der Waals surface area (Å²) in [5.41, 5.74) is -0.894. The first-order chi connectivity index (χ1) is 13.2. The first-order valence-corrected chi connectivity index (χ1v) is 9.26. The molecule has 2 N–H and O–H groups in total. The Labute approximate surface area is 157 Å². The number of aromatic amines is 1. The number of amides is 1. The number of carbonyl (C=O) groups is 1. The predicted octanol–water partition coefficient (Wildman–Crippen LogP) is 2.27. The molecule has 2 aromatic heterocycles. The molecule has 4 rings (SSSR count). The fourth-order valence-corrected chi connectivity index (χ4v) is 3.82. The van der Waals surface area contributed by atoms with Crippen LogP contribution in [0.25, 0.3) is 11.0 Å². The van der Waals surface area contributed by atoms with Crippen molar-refractivity contribution in [2.75, 3.05) is 0 Å². The number of aromatic nitrogens is 3. The van der Waals surface area contributed by atoms with E-state index in [1.165, 1.54) is 16.8 Å². The van der Waals surface area contributed by atoms with Crippen LogP contribution in [0, 0.1) is 5.92 Å². The van der Waals surface area contributed by atoms with Crippen molar-refractivity contribution in [2.45, 2.75) is 56.8 Å². The molecule has 2 aliphatic carbocycles. The van der Waals surface area contributed by atoms with E-state index in [-0.39, 0.29) is 35.5 Å². The van der Waals surface area contributed by atoms with Gasteiger partial charge in [0.05, 0.1) is 16.9 Å². The Kier molecular flexibility index (Phi) is 4.51. The van der Waals surface area contributed by atoms with Crippen LogP contribution in [0.15, 0.2) is 21.9 Å². The average molecular weight is 396 g/mol. The Bertz CT molecular complexity index is 1040. The molecule has 7 nitrogen and oxygen atoms in total. The van der Waals surface area contributed by atoms with Crippen LogP contribution in [0.1, 0.15) is 54.9 Å². The van der Waals surface area contributed by atoms with Gasteiger partial charge in [0.25, 0.3) is 11.5 Å². The number of alkyl halides is 3. The van der Waals surface area contributed by atoms with Crippen molar-refractivity contribution >= 4 is 16.9 Å². The van der Waals surface area contributed by atoms with Crippen molar-refractivity contribution in [1.29, 1.82) is 0 Å². The first kappa shape index (κ1) is 18.7. The van der Waals surface area contributed by atoms with Crippen LogP contribution in [-0.2, 0) is 0 Å². The Morgan fingerprint density at radius 1 is 1.21 bits per heavy atom. The lowest BCUT2D eigenvalue weighted by Gasteiger charge is -2.31. The highest BCUT2D eigenvalue weighted by molar-refractivity contribution is 5.96. The van der Waals surface area contributed by atoms with Crippen molar-refractivity contribution in [3.63, 3.8) is 0 Å². The van der Waals surface area contributed by atoms with Crippen LogP contribution < -0.4 is 16.6 Å². The monoisotopic (exact) mass is 396 g/mol. The number of nitrogens with zero attached hydrogens (tertiary/aromatic N) is 2. The fraction of sp³-hybridized carbons (Fsp3) is 0.556. The molecule has 0 radical (unpaired) electrons. The predicted molar refractivity (Wildman–Crippen MR) is 94.2 cm³/mol. The molecule has 2 fully saturated rings. The summed E-state index contributed by atoms with van der Waals surface area (Å²) in [6.45, 7) is 0. The molecule has 2 saturated carbocycles. The van der Waals surface area contributed by atoms with E-state index < -0.39 is 35.3 Å². The zero-order valence-electron chi connectivity index (χ0n) is 14.9. The largest absolute Gasteiger partial charge is 0.391 e. The molecule has 10 heteroatoms. The lowest BCUT2D eigenvalue weighted by atomic mass is 9.85. The minimum atomic E-state index is -4.27. The molecule has 0 aromatic carbocycles. The number of fused-ring (bicyclic) bond motifs is 1. The van der Waals surface area contributed by atoms with Crippen LogP contribution in [0.3, 0.4) is 0 Å². The second-order valence-corrected chi connectivity index (χ2v) is 7.53. The van der Waals surface area contributed by atoms with Crippen LogP contribution >= 0.6 is 0 Å². The van der Waals surface area contributed by atoms with Gasteiger partial charge in [-0.2, -0.15) is 13.2 Å². The quantitative estimate of drug-likeness (QED) is 0.832. The van der Waals surface area contributed by atoms with E-state index >= 15 is 0 Å². The van der Waals surface area contributed by atoms with Gasteiger partial charge in [-0.15, -0.1) is 0 Å². The number of hydrogen-bond donors (Lipinski definition) is 2. The zero-order valence-corrected chi connectivity index (χ0v) is 14.9. The van der Waals surface area contributed by atoms with E-state index in [9.17, 15) is 27.6 Å². The maximum absolute atomic E-state index is 12.9. The fourth-order valence-electron chi connectivity index (χ4n) is 3.82. The summed E-state index contributed by atoms with van der Waals surface area (Å²) in [4.78, 5) is 43.0. The van der Waals surface area contributed by atoms with E-state index in [1.54, 1.807) is 0 Å². The van der Waals surface area contributed by atoms with E-state index in [0.717, 1.165) is 12.8 Å². The maximum Gasteiger partial charge on any atom is 0.391 e. The van der Waals surface area contributed by atoms with E-state index in [2.05, 4.69) is 15.3 Å². The standard InChI is InChI=1S/C18H19F3N4O3/c19-18(20,21)10-2-1-3-11(7-10)23-15(26)9-6-13-14(22-8-9)25(12-4-5-12)17(28)24-16(13)27/h6,8,10-12H,1-5,7H2,(H,23,26)(H,24,27,28). The van der Waals surface area contributed by atoms with Gasteiger partial charge in [-0.1, -0.05) is 6.42 Å². The van der Waals surface area contributed by atoms with Gasteiger partial charge in [-0.05, 0) is 38.2 Å². The molecule has 2 aromatic rings. The highest BCUT2D eigenvalue weighted by Crippen LogP contribution is 2.37. The molecule has 2 unspecified atom stereocenters. The summed E-state index contributed by atoms with van der Waals surface area (Å²) in [6.07, 6.45) is -0.619. The SMILES string of the molecule is O=C(NC1CCCC(C(F)(F)F)C1)c1cnc2c(c1)c(=O)[nH]c(=O)n2C1CC1. The lowest BCUT2D eigenvalue weighted by molar-refractivity contribution is -0.183. The van der Waals surface area contributed by atoms with Crippen molar-refractivity contribution in [2.24, 2.45) is 5.92 Å². The smallest absolute Gasteiger partial charge is 0.349 e. The zero-order chi connectivity index (χ0) is 20.1. The van der Waals surface area contributed by atoms with Crippen molar-refractivity contribution in [1.82, 2.24) is 19.9 Å². The molecule has 0 aliphatic heterocycles. The van der Waals surface area contributed by atoms with Crippen LogP contribution in [-0.4, -0.2) is 32.7 Å². The van der Waals surface area contributed by atoms with E-state index in [0.29, 0.717) is 12.8 Å². The normalized spacial score (nSPS) is 23.0. The maximum atomic E-state index is 12.9. The topological polar surface area (TPSA) is 96.8 Å². The molecule has 2 atom stereocenters. The van der Waals surface area contributed by atoms with Gasteiger partial charge in [-0.3, -0.25) is 19.1 Å². The summed E-state index contributed by atoms with van der Waals surface area (Å²) in [5, 5.41) is 2.73. The highest BCUT2D eigenvalue weighted by atomic mass is 19.4. The molecule has 1 amide bonds. The summed E-state index contributed by atoms with van der Waals surface area (Å²) >= 11 is 0. The average Bonchev–Trinajstić information content (AvgIpc) is 3.46. The van der Waals surface area contributed by atoms with E-state index in [4.69, 9.17) is 0 Å². The van der Waals surface area contributed by atoms with Gasteiger partial charge in [0.1, 0.15) is 5.65 Å². The van der Waals surface area contributed by atoms with Crippen molar-refractivity contribution < 1.29 is 18.0 Å². The van der Waals surface area contributed by atoms with Crippen LogP contribution in [0.4, 0.5) is 13.2 Å². The molecular weight excluding hydrogens is 377 g/mol. The summed E-state index contributed by atoms with van der Waals surface area (Å²) < 4.78 is 40.2. The molecule has 2 aliphatic rings. The number of carbonyl (C=O) groups excluding carboxylic acids is 1. The molecule has 28 heavy (non-hydrogen) atoms. The van der Waals surface area contributed by atoms with Crippen LogP contribution in [0.5, 0.6) is 0 Å². The minimum Gasteiger partial charge on any atom is -0.349 e. The summed E-state index contributed by atoms with van der Waals surface area (Å²) in [5.74, 6) is -2.00. The molecule has 0 saturated heterocycles. The number of hydrogen-bond acceptors (Lipinski definition) is 4. The lowest BCUT2D eigenvalue weighted by Crippen LogP contribution is -2.41. The van der Waals surface area contributed by atoms with Gasteiger partial charge in [0, 0.05) is 18.3 Å². The molecule has 0 spiro atoms. The molecule has 0 bridgehead atoms. The third kappa shape index (κ3) is 3.55. The number of nitrogens with one attached hydrogen (secondary N) is 2. The second kappa shape index (κ2) is 6.75. The second-order valence-electron chi connectivity index (χ2n) is 7.53. The Morgan fingerprint density at radius 3 is 2.64 bits per heavy atom. The molecule has 150 valence electrons. The van der Waals surface area contributed by atoms with Crippen LogP contribution in [0.2, 0.25) is 0 Å². The summed E-state index contributed by atoms with van der Waals surface area (Å²) in [6, 6.07) is 0.738. The number of halogens is 3. The third-order valence-corrected chi connectivity index (χ3v) is 5.43. The van der Waals surface area contributed by atoms with E-state index in [1.807, 2.05) is 0 Å². The number of pyridine rings is 1. The molecule has 2 heterocycles. The van der Waals surface area contributed by atoms with Crippen molar-refractivity contribution in [3.8, 4) is 0 Å². The third-order valence-electron chi connectivity index (χ3n) is 5.43. The van der Waals surface area contributed by atoms with Gasteiger partial charge < -0.3 is 5.32 Å². The highest BCUT2D eigenvalue weighted by Gasteiger charge is 2.42. The van der Waals surface area contributed by atoms with Crippen molar-refractivity contribution in [3.05, 3.63) is 38.7 Å². The molecular formula is C18H19F3N4O3. The number of H-pyrrole nitrogens is 1.